The summed E-state index contributed by atoms with van der Waals surface area (Å²) in [7, 11) is -7.57. The van der Waals surface area contributed by atoms with Crippen molar-refractivity contribution >= 4 is 48.7 Å². The van der Waals surface area contributed by atoms with E-state index in [1.165, 1.54) is 11.3 Å². The van der Waals surface area contributed by atoms with Crippen molar-refractivity contribution in [2.75, 3.05) is 11.3 Å². The molecule has 0 aliphatic carbocycles. The van der Waals surface area contributed by atoms with Gasteiger partial charge in [-0.2, -0.15) is 0 Å². The molecule has 10 nitrogen and oxygen atoms in total. The summed E-state index contributed by atoms with van der Waals surface area (Å²) in [6.45, 7) is 2.34. The molecular formula is C34H32ClN6O4S3+. The van der Waals surface area contributed by atoms with Crippen LogP contribution in [-0.2, 0) is 32.9 Å². The molecule has 0 saturated carbocycles. The average molecular weight is 720 g/mol. The van der Waals surface area contributed by atoms with E-state index in [0.29, 0.717) is 17.1 Å². The van der Waals surface area contributed by atoms with E-state index in [1.54, 1.807) is 82.7 Å². The average Bonchev–Trinajstić information content (AvgIpc) is 3.79. The summed E-state index contributed by atoms with van der Waals surface area (Å²) < 4.78 is 60.9. The minimum absolute atomic E-state index is 0.147. The van der Waals surface area contributed by atoms with Crippen LogP contribution in [0.3, 0.4) is 0 Å². The molecule has 0 amide bonds. The van der Waals surface area contributed by atoms with Crippen LogP contribution in [0.4, 0.5) is 5.69 Å². The van der Waals surface area contributed by atoms with E-state index in [1.807, 2.05) is 41.8 Å². The molecule has 0 fully saturated rings. The highest BCUT2D eigenvalue weighted by molar-refractivity contribution is 7.92. The Morgan fingerprint density at radius 2 is 1.60 bits per heavy atom. The molecule has 48 heavy (non-hydrogen) atoms. The van der Waals surface area contributed by atoms with Gasteiger partial charge in [0.05, 0.1) is 20.5 Å². The number of anilines is 1. The molecule has 6 rings (SSSR count). The van der Waals surface area contributed by atoms with Gasteiger partial charge in [0, 0.05) is 34.7 Å². The number of thiazole rings is 1. The molecule has 246 valence electrons. The molecule has 6 aromatic rings. The van der Waals surface area contributed by atoms with Gasteiger partial charge < -0.3 is 0 Å². The van der Waals surface area contributed by atoms with Gasteiger partial charge in [0.15, 0.2) is 5.69 Å². The summed E-state index contributed by atoms with van der Waals surface area (Å²) in [4.78, 5) is 4.51. The highest BCUT2D eigenvalue weighted by Crippen LogP contribution is 2.27. The number of sulfonamides is 2. The van der Waals surface area contributed by atoms with E-state index < -0.39 is 20.0 Å². The Labute approximate surface area is 288 Å². The van der Waals surface area contributed by atoms with Crippen LogP contribution in [0, 0.1) is 0 Å². The van der Waals surface area contributed by atoms with E-state index in [4.69, 9.17) is 11.6 Å². The second-order valence-electron chi connectivity index (χ2n) is 10.9. The fourth-order valence-electron chi connectivity index (χ4n) is 5.09. The number of aryl methyl sites for hydroxylation is 1. The van der Waals surface area contributed by atoms with Crippen LogP contribution in [0.2, 0.25) is 5.02 Å². The first-order valence-electron chi connectivity index (χ1n) is 15.1. The lowest BCUT2D eigenvalue weighted by Crippen LogP contribution is -2.27. The lowest BCUT2D eigenvalue weighted by molar-refractivity contribution is -0.596. The zero-order valence-electron chi connectivity index (χ0n) is 25.8. The molecule has 2 N–H and O–H groups in total. The fourth-order valence-corrected chi connectivity index (χ4v) is 7.98. The third kappa shape index (κ3) is 7.83. The van der Waals surface area contributed by atoms with Crippen LogP contribution >= 0.6 is 22.9 Å². The maximum atomic E-state index is 13.3. The van der Waals surface area contributed by atoms with Gasteiger partial charge >= 0.3 is 0 Å². The SMILES string of the molecule is CCCc1ccc(S(=O)(=O)Nc2cc(Cl)ccc2-n2c[n+](-c3cccc(-c4ccc(S(=O)(=O)NCCc5nccs5)cc4)c3)cn2)cc1. The van der Waals surface area contributed by atoms with Crippen LogP contribution in [0.15, 0.2) is 125 Å². The zero-order chi connectivity index (χ0) is 33.7. The number of nitrogens with one attached hydrogen (secondary N) is 2. The zero-order valence-corrected chi connectivity index (χ0v) is 29.0. The maximum Gasteiger partial charge on any atom is 0.270 e. The molecule has 0 saturated heterocycles. The van der Waals surface area contributed by atoms with Crippen LogP contribution in [0.1, 0.15) is 23.9 Å². The van der Waals surface area contributed by atoms with Gasteiger partial charge in [0.2, 0.25) is 16.4 Å². The van der Waals surface area contributed by atoms with Crippen molar-refractivity contribution in [2.24, 2.45) is 0 Å². The van der Waals surface area contributed by atoms with Crippen molar-refractivity contribution in [1.82, 2.24) is 19.5 Å². The van der Waals surface area contributed by atoms with Gasteiger partial charge in [-0.05, 0) is 77.7 Å². The summed E-state index contributed by atoms with van der Waals surface area (Å²) in [5.74, 6) is 0. The molecule has 14 heteroatoms. The van der Waals surface area contributed by atoms with Crippen molar-refractivity contribution in [2.45, 2.75) is 36.0 Å². The molecule has 0 aliphatic heterocycles. The first kappa shape index (κ1) is 33.5. The second-order valence-corrected chi connectivity index (χ2v) is 15.8. The number of halogens is 1. The smallest absolute Gasteiger partial charge is 0.270 e. The molecule has 0 bridgehead atoms. The largest absolute Gasteiger partial charge is 0.276 e. The molecule has 4 aromatic carbocycles. The molecule has 0 unspecified atom stereocenters. The minimum Gasteiger partial charge on any atom is -0.276 e. The number of rotatable bonds is 13. The van der Waals surface area contributed by atoms with Crippen LogP contribution in [0.25, 0.3) is 22.5 Å². The number of nitrogens with zero attached hydrogens (tertiary/aromatic N) is 4. The van der Waals surface area contributed by atoms with E-state index in [-0.39, 0.29) is 22.0 Å². The Balaban J connectivity index is 1.20. The van der Waals surface area contributed by atoms with Gasteiger partial charge in [-0.1, -0.05) is 66.0 Å². The van der Waals surface area contributed by atoms with Gasteiger partial charge in [-0.25, -0.2) is 31.1 Å². The molecule has 0 radical (unpaired) electrons. The molecule has 0 atom stereocenters. The number of benzene rings is 4. The minimum atomic E-state index is -3.90. The Morgan fingerprint density at radius 3 is 2.33 bits per heavy atom. The molecule has 0 aliphatic rings. The van der Waals surface area contributed by atoms with Crippen molar-refractivity contribution in [1.29, 1.82) is 0 Å². The summed E-state index contributed by atoms with van der Waals surface area (Å²) in [6.07, 6.45) is 7.41. The monoisotopic (exact) mass is 719 g/mol. The lowest BCUT2D eigenvalue weighted by Gasteiger charge is -2.11. The van der Waals surface area contributed by atoms with E-state index in [0.717, 1.165) is 40.2 Å². The maximum absolute atomic E-state index is 13.3. The number of hydrogen-bond donors (Lipinski definition) is 2. The van der Waals surface area contributed by atoms with Gasteiger partial charge in [-0.3, -0.25) is 4.72 Å². The second kappa shape index (κ2) is 14.4. The van der Waals surface area contributed by atoms with Crippen LogP contribution in [0.5, 0.6) is 0 Å². The first-order chi connectivity index (χ1) is 23.1. The third-order valence-corrected chi connectivity index (χ3v) is 11.4. The highest BCUT2D eigenvalue weighted by atomic mass is 35.5. The Bertz CT molecular complexity index is 2240. The lowest BCUT2D eigenvalue weighted by atomic mass is 10.1. The topological polar surface area (TPSA) is 127 Å². The van der Waals surface area contributed by atoms with Gasteiger partial charge in [0.1, 0.15) is 5.69 Å². The predicted molar refractivity (Wildman–Crippen MR) is 188 cm³/mol. The van der Waals surface area contributed by atoms with Crippen molar-refractivity contribution in [3.63, 3.8) is 0 Å². The quantitative estimate of drug-likeness (QED) is 0.137. The number of hydrogen-bond acceptors (Lipinski definition) is 7. The Morgan fingerprint density at radius 1 is 0.854 bits per heavy atom. The third-order valence-electron chi connectivity index (χ3n) is 7.51. The first-order valence-corrected chi connectivity index (χ1v) is 19.3. The molecular weight excluding hydrogens is 688 g/mol. The summed E-state index contributed by atoms with van der Waals surface area (Å²) >= 11 is 7.77. The molecule has 2 aromatic heterocycles. The van der Waals surface area contributed by atoms with Crippen molar-refractivity contribution in [3.05, 3.63) is 131 Å². The summed E-state index contributed by atoms with van der Waals surface area (Å²) in [5.41, 5.74) is 4.33. The van der Waals surface area contributed by atoms with E-state index >= 15 is 0 Å². The van der Waals surface area contributed by atoms with Crippen LogP contribution in [-0.4, -0.2) is 38.1 Å². The highest BCUT2D eigenvalue weighted by Gasteiger charge is 2.21. The van der Waals surface area contributed by atoms with Gasteiger partial charge in [-0.15, -0.1) is 11.3 Å². The van der Waals surface area contributed by atoms with Crippen molar-refractivity contribution < 1.29 is 21.4 Å². The predicted octanol–water partition coefficient (Wildman–Crippen LogP) is 6.20. The fraction of sp³-hybridized carbons (Fsp3) is 0.147. The molecule has 2 heterocycles. The number of aromatic nitrogens is 4. The van der Waals surface area contributed by atoms with E-state index in [9.17, 15) is 16.8 Å². The molecule has 0 spiro atoms. The summed E-state index contributed by atoms with van der Waals surface area (Å²) in [5, 5.41) is 7.60. The standard InChI is InChI=1S/C34H32ClN6O4S3/c1-2-4-25-7-12-31(13-8-25)48(44,45)39-32-22-28(35)11-16-33(32)41-24-40(23-37-41)29-6-3-5-27(21-29)26-9-14-30(15-10-26)47(42,43)38-18-17-34-36-19-20-46-34/h3,5-16,19-24,38-39H,2,4,17-18H2,1H3/q+1. The summed E-state index contributed by atoms with van der Waals surface area (Å²) in [6, 6.07) is 26.2. The van der Waals surface area contributed by atoms with Gasteiger partial charge in [0.25, 0.3) is 16.4 Å². The Kier molecular flexibility index (Phi) is 10.0. The van der Waals surface area contributed by atoms with Crippen molar-refractivity contribution in [3.8, 4) is 22.5 Å². The van der Waals surface area contributed by atoms with Crippen LogP contribution < -0.4 is 14.0 Å². The van der Waals surface area contributed by atoms with E-state index in [2.05, 4.69) is 26.5 Å². The Hall–Kier alpha value is -4.40. The normalized spacial score (nSPS) is 11.9.